The Morgan fingerprint density at radius 2 is 2.04 bits per heavy atom. The number of aromatic nitrogens is 2. The molecule has 0 saturated carbocycles. The maximum atomic E-state index is 12.0. The largest absolute Gasteiger partial charge is 0.497 e. The Labute approximate surface area is 141 Å². The molecule has 0 amide bonds. The van der Waals surface area contributed by atoms with Gasteiger partial charge in [-0.25, -0.2) is 9.78 Å². The Morgan fingerprint density at radius 1 is 1.17 bits per heavy atom. The number of carbonyl (C=O) groups is 1. The predicted octanol–water partition coefficient (Wildman–Crippen LogP) is 4.24. The highest BCUT2D eigenvalue weighted by Crippen LogP contribution is 2.35. The predicted molar refractivity (Wildman–Crippen MR) is 94.8 cm³/mol. The van der Waals surface area contributed by atoms with Crippen molar-refractivity contribution in [1.82, 2.24) is 9.97 Å². The van der Waals surface area contributed by atoms with Gasteiger partial charge in [0, 0.05) is 16.3 Å². The van der Waals surface area contributed by atoms with Crippen LogP contribution in [0.2, 0.25) is 0 Å². The second-order valence-corrected chi connectivity index (χ2v) is 6.23. The number of esters is 1. The monoisotopic (exact) mass is 338 g/mol. The summed E-state index contributed by atoms with van der Waals surface area (Å²) in [5.41, 5.74) is 2.90. The van der Waals surface area contributed by atoms with Crippen molar-refractivity contribution < 1.29 is 14.3 Å². The van der Waals surface area contributed by atoms with Crippen molar-refractivity contribution in [2.75, 3.05) is 14.2 Å². The van der Waals surface area contributed by atoms with E-state index in [1.807, 2.05) is 35.7 Å². The van der Waals surface area contributed by atoms with E-state index in [-0.39, 0.29) is 5.69 Å². The summed E-state index contributed by atoms with van der Waals surface area (Å²) in [6.45, 7) is 0. The molecule has 0 saturated heterocycles. The zero-order valence-corrected chi connectivity index (χ0v) is 13.9. The van der Waals surface area contributed by atoms with Crippen LogP contribution >= 0.6 is 11.3 Å². The van der Waals surface area contributed by atoms with Crippen molar-refractivity contribution >= 4 is 39.1 Å². The molecule has 24 heavy (non-hydrogen) atoms. The van der Waals surface area contributed by atoms with Crippen LogP contribution in [0.25, 0.3) is 32.4 Å². The number of nitrogens with one attached hydrogen (secondary N) is 1. The SMILES string of the molecule is COC(=O)c1cc2c([nH]c3ccc(OC)cc32)c(-c2cccs2)n1. The van der Waals surface area contributed by atoms with E-state index < -0.39 is 5.97 Å². The lowest BCUT2D eigenvalue weighted by Gasteiger charge is -2.04. The normalized spacial score (nSPS) is 11.1. The quantitative estimate of drug-likeness (QED) is 0.568. The molecule has 6 heteroatoms. The van der Waals surface area contributed by atoms with Crippen LogP contribution in [0.3, 0.4) is 0 Å². The van der Waals surface area contributed by atoms with E-state index in [1.165, 1.54) is 7.11 Å². The molecule has 4 rings (SSSR count). The highest BCUT2D eigenvalue weighted by molar-refractivity contribution is 7.13. The summed E-state index contributed by atoms with van der Waals surface area (Å²) in [4.78, 5) is 21.0. The minimum absolute atomic E-state index is 0.289. The van der Waals surface area contributed by atoms with Crippen molar-refractivity contribution in [3.8, 4) is 16.3 Å². The molecule has 1 aromatic carbocycles. The maximum Gasteiger partial charge on any atom is 0.356 e. The number of hydrogen-bond donors (Lipinski definition) is 1. The number of nitrogens with zero attached hydrogens (tertiary/aromatic N) is 1. The molecule has 3 aromatic heterocycles. The van der Waals surface area contributed by atoms with Crippen LogP contribution < -0.4 is 4.74 Å². The van der Waals surface area contributed by atoms with E-state index in [0.717, 1.165) is 38.1 Å². The number of H-pyrrole nitrogens is 1. The van der Waals surface area contributed by atoms with Gasteiger partial charge in [-0.1, -0.05) is 6.07 Å². The first kappa shape index (κ1) is 14.7. The van der Waals surface area contributed by atoms with Gasteiger partial charge in [0.25, 0.3) is 0 Å². The molecule has 1 N–H and O–H groups in total. The molecular formula is C18H14N2O3S. The summed E-state index contributed by atoms with van der Waals surface area (Å²) in [5, 5.41) is 3.89. The van der Waals surface area contributed by atoms with Crippen LogP contribution in [0.15, 0.2) is 41.8 Å². The Bertz CT molecular complexity index is 1050. The fourth-order valence-corrected chi connectivity index (χ4v) is 3.52. The van der Waals surface area contributed by atoms with Crippen LogP contribution in [0.5, 0.6) is 5.75 Å². The molecule has 0 bridgehead atoms. The van der Waals surface area contributed by atoms with Gasteiger partial charge in [0.2, 0.25) is 0 Å². The van der Waals surface area contributed by atoms with Crippen LogP contribution in [0.1, 0.15) is 10.5 Å². The van der Waals surface area contributed by atoms with Crippen LogP contribution in [0, 0.1) is 0 Å². The Kier molecular flexibility index (Phi) is 3.46. The molecule has 0 fully saturated rings. The van der Waals surface area contributed by atoms with Gasteiger partial charge >= 0.3 is 5.97 Å². The fraction of sp³-hybridized carbons (Fsp3) is 0.111. The third-order valence-electron chi connectivity index (χ3n) is 3.95. The van der Waals surface area contributed by atoms with Gasteiger partial charge in [-0.15, -0.1) is 11.3 Å². The van der Waals surface area contributed by atoms with Gasteiger partial charge in [0.15, 0.2) is 0 Å². The van der Waals surface area contributed by atoms with E-state index in [9.17, 15) is 4.79 Å². The number of rotatable bonds is 3. The van der Waals surface area contributed by atoms with Crippen LogP contribution in [-0.4, -0.2) is 30.2 Å². The number of hydrogen-bond acceptors (Lipinski definition) is 5. The van der Waals surface area contributed by atoms with Gasteiger partial charge < -0.3 is 14.5 Å². The van der Waals surface area contributed by atoms with Crippen molar-refractivity contribution in [3.63, 3.8) is 0 Å². The van der Waals surface area contributed by atoms with Crippen LogP contribution in [-0.2, 0) is 4.74 Å². The number of methoxy groups -OCH3 is 2. The summed E-state index contributed by atoms with van der Waals surface area (Å²) in [5.74, 6) is 0.310. The third kappa shape index (κ3) is 2.23. The first-order chi connectivity index (χ1) is 11.7. The maximum absolute atomic E-state index is 12.0. The van der Waals surface area contributed by atoms with E-state index in [2.05, 4.69) is 9.97 Å². The molecule has 0 radical (unpaired) electrons. The smallest absolute Gasteiger partial charge is 0.356 e. The molecule has 0 aliphatic rings. The fourth-order valence-electron chi connectivity index (χ4n) is 2.80. The zero-order valence-electron chi connectivity index (χ0n) is 13.1. The molecule has 3 heterocycles. The summed E-state index contributed by atoms with van der Waals surface area (Å²) in [6, 6.07) is 11.5. The average Bonchev–Trinajstić information content (AvgIpc) is 3.27. The topological polar surface area (TPSA) is 64.2 Å². The van der Waals surface area contributed by atoms with Crippen molar-refractivity contribution in [2.45, 2.75) is 0 Å². The van der Waals surface area contributed by atoms with E-state index in [1.54, 1.807) is 24.5 Å². The van der Waals surface area contributed by atoms with Gasteiger partial charge in [-0.2, -0.15) is 0 Å². The summed E-state index contributed by atoms with van der Waals surface area (Å²) < 4.78 is 10.2. The minimum Gasteiger partial charge on any atom is -0.497 e. The summed E-state index contributed by atoms with van der Waals surface area (Å²) in [7, 11) is 2.99. The Balaban J connectivity index is 2.11. The summed E-state index contributed by atoms with van der Waals surface area (Å²) in [6.07, 6.45) is 0. The van der Waals surface area contributed by atoms with Crippen molar-refractivity contribution in [2.24, 2.45) is 0 Å². The van der Waals surface area contributed by atoms with Crippen molar-refractivity contribution in [3.05, 3.63) is 47.5 Å². The number of pyridine rings is 1. The average molecular weight is 338 g/mol. The highest BCUT2D eigenvalue weighted by Gasteiger charge is 2.18. The molecule has 5 nitrogen and oxygen atoms in total. The lowest BCUT2D eigenvalue weighted by molar-refractivity contribution is 0.0594. The Morgan fingerprint density at radius 3 is 2.75 bits per heavy atom. The number of aromatic amines is 1. The number of carbonyl (C=O) groups excluding carboxylic acids is 1. The highest BCUT2D eigenvalue weighted by atomic mass is 32.1. The molecule has 0 aliphatic heterocycles. The van der Waals surface area contributed by atoms with Crippen molar-refractivity contribution in [1.29, 1.82) is 0 Å². The lowest BCUT2D eigenvalue weighted by Crippen LogP contribution is -2.04. The van der Waals surface area contributed by atoms with Crippen LogP contribution in [0.4, 0.5) is 0 Å². The first-order valence-corrected chi connectivity index (χ1v) is 8.22. The summed E-state index contributed by atoms with van der Waals surface area (Å²) >= 11 is 1.58. The van der Waals surface area contributed by atoms with Gasteiger partial charge in [-0.3, -0.25) is 0 Å². The first-order valence-electron chi connectivity index (χ1n) is 7.34. The number of ether oxygens (including phenoxy) is 2. The van der Waals surface area contributed by atoms with E-state index in [4.69, 9.17) is 9.47 Å². The standard InChI is InChI=1S/C18H14N2O3S/c1-22-10-5-6-13-11(8-10)12-9-14(18(21)23-2)20-17(16(12)19-13)15-4-3-7-24-15/h3-9,19H,1-2H3. The van der Waals surface area contributed by atoms with E-state index >= 15 is 0 Å². The second-order valence-electron chi connectivity index (χ2n) is 5.28. The minimum atomic E-state index is -0.452. The molecular weight excluding hydrogens is 324 g/mol. The van der Waals surface area contributed by atoms with Gasteiger partial charge in [-0.05, 0) is 35.7 Å². The molecule has 0 unspecified atom stereocenters. The number of fused-ring (bicyclic) bond motifs is 3. The second kappa shape index (κ2) is 5.65. The molecule has 0 atom stereocenters. The number of thiophene rings is 1. The zero-order chi connectivity index (χ0) is 16.7. The molecule has 4 aromatic rings. The number of benzene rings is 1. The van der Waals surface area contributed by atoms with Gasteiger partial charge in [0.05, 0.1) is 24.6 Å². The van der Waals surface area contributed by atoms with E-state index in [0.29, 0.717) is 0 Å². The lowest BCUT2D eigenvalue weighted by atomic mass is 10.1. The van der Waals surface area contributed by atoms with Gasteiger partial charge in [0.1, 0.15) is 17.1 Å². The molecule has 0 spiro atoms. The third-order valence-corrected chi connectivity index (χ3v) is 4.82. The Hall–Kier alpha value is -2.86. The molecule has 120 valence electrons. The molecule has 0 aliphatic carbocycles.